The van der Waals surface area contributed by atoms with Gasteiger partial charge in [-0.2, -0.15) is 0 Å². The van der Waals surface area contributed by atoms with Gasteiger partial charge in [-0.3, -0.25) is 0 Å². The number of anilines is 2. The molecule has 0 radical (unpaired) electrons. The maximum Gasteiger partial charge on any atom is 0.337 e. The van der Waals surface area contributed by atoms with E-state index in [0.29, 0.717) is 11.3 Å². The first-order valence-corrected chi connectivity index (χ1v) is 5.08. The summed E-state index contributed by atoms with van der Waals surface area (Å²) in [5.41, 5.74) is 14.0. The third kappa shape index (κ3) is 1.92. The van der Waals surface area contributed by atoms with Crippen molar-refractivity contribution in [3.05, 3.63) is 48.0 Å². The van der Waals surface area contributed by atoms with Crippen molar-refractivity contribution in [1.29, 1.82) is 0 Å². The van der Waals surface area contributed by atoms with Crippen LogP contribution < -0.4 is 11.5 Å². The van der Waals surface area contributed by atoms with Crippen molar-refractivity contribution in [2.45, 2.75) is 0 Å². The van der Waals surface area contributed by atoms with Gasteiger partial charge in [0, 0.05) is 16.8 Å². The lowest BCUT2D eigenvalue weighted by molar-refractivity contribution is 0.0698. The van der Waals surface area contributed by atoms with E-state index < -0.39 is 5.97 Å². The molecule has 0 fully saturated rings. The van der Waals surface area contributed by atoms with E-state index in [2.05, 4.69) is 0 Å². The van der Waals surface area contributed by atoms with Crippen LogP contribution in [0.1, 0.15) is 10.4 Å². The van der Waals surface area contributed by atoms with Crippen molar-refractivity contribution < 1.29 is 9.90 Å². The fourth-order valence-electron chi connectivity index (χ4n) is 1.73. The van der Waals surface area contributed by atoms with Gasteiger partial charge in [0.2, 0.25) is 0 Å². The predicted molar refractivity (Wildman–Crippen MR) is 67.7 cm³/mol. The predicted octanol–water partition coefficient (Wildman–Crippen LogP) is 2.22. The van der Waals surface area contributed by atoms with E-state index in [1.807, 2.05) is 18.2 Å². The molecule has 0 heterocycles. The molecular weight excluding hydrogens is 216 g/mol. The van der Waals surface area contributed by atoms with Gasteiger partial charge in [0.15, 0.2) is 0 Å². The number of benzene rings is 2. The van der Waals surface area contributed by atoms with Crippen molar-refractivity contribution in [3.63, 3.8) is 0 Å². The van der Waals surface area contributed by atoms with Gasteiger partial charge in [-0.15, -0.1) is 0 Å². The molecule has 4 heteroatoms. The number of rotatable bonds is 2. The van der Waals surface area contributed by atoms with Crippen LogP contribution in [0.15, 0.2) is 42.5 Å². The number of carboxylic acid groups (broad SMARTS) is 1. The molecule has 2 aromatic rings. The van der Waals surface area contributed by atoms with Gasteiger partial charge in [-0.25, -0.2) is 4.79 Å². The maximum absolute atomic E-state index is 11.0. The number of nitrogens with two attached hydrogens (primary N) is 2. The zero-order valence-electron chi connectivity index (χ0n) is 9.05. The van der Waals surface area contributed by atoms with Crippen molar-refractivity contribution in [2.75, 3.05) is 11.5 Å². The average molecular weight is 228 g/mol. The Morgan fingerprint density at radius 1 is 0.941 bits per heavy atom. The fraction of sp³-hybridized carbons (Fsp3) is 0. The van der Waals surface area contributed by atoms with Crippen LogP contribution in [-0.2, 0) is 0 Å². The quantitative estimate of drug-likeness (QED) is 0.687. The summed E-state index contributed by atoms with van der Waals surface area (Å²) in [6, 6.07) is 12.1. The smallest absolute Gasteiger partial charge is 0.337 e. The van der Waals surface area contributed by atoms with Crippen LogP contribution >= 0.6 is 0 Å². The fourth-order valence-corrected chi connectivity index (χ4v) is 1.73. The molecule has 0 saturated heterocycles. The van der Waals surface area contributed by atoms with Gasteiger partial charge >= 0.3 is 5.97 Å². The number of carbonyl (C=O) groups is 1. The molecule has 0 amide bonds. The molecule has 0 aliphatic rings. The zero-order valence-corrected chi connectivity index (χ0v) is 9.05. The van der Waals surface area contributed by atoms with Crippen LogP contribution in [0.2, 0.25) is 0 Å². The first-order valence-electron chi connectivity index (χ1n) is 5.08. The maximum atomic E-state index is 11.0. The van der Waals surface area contributed by atoms with Crippen LogP contribution in [-0.4, -0.2) is 11.1 Å². The molecule has 17 heavy (non-hydrogen) atoms. The van der Waals surface area contributed by atoms with Crippen molar-refractivity contribution >= 4 is 17.3 Å². The lowest BCUT2D eigenvalue weighted by atomic mass is 9.99. The van der Waals surface area contributed by atoms with E-state index in [1.54, 1.807) is 18.2 Å². The summed E-state index contributed by atoms with van der Waals surface area (Å²) in [5, 5.41) is 9.00. The van der Waals surface area contributed by atoms with Gasteiger partial charge in [-0.05, 0) is 12.1 Å². The highest BCUT2D eigenvalue weighted by molar-refractivity contribution is 5.99. The molecule has 0 bridgehead atoms. The van der Waals surface area contributed by atoms with E-state index in [4.69, 9.17) is 16.6 Å². The standard InChI is InChI=1S/C13H12N2O2/c14-11-7-2-1-4-8(11)9-5-3-6-10(12(9)15)13(16)17/h1-7H,14-15H2,(H,16,17). The van der Waals surface area contributed by atoms with Crippen molar-refractivity contribution in [1.82, 2.24) is 0 Å². The number of aromatic carboxylic acids is 1. The van der Waals surface area contributed by atoms with Gasteiger partial charge in [0.05, 0.1) is 11.3 Å². The minimum absolute atomic E-state index is 0.0887. The number of carboxylic acids is 1. The van der Waals surface area contributed by atoms with E-state index in [9.17, 15) is 4.79 Å². The van der Waals surface area contributed by atoms with Crippen LogP contribution in [0.5, 0.6) is 0 Å². The van der Waals surface area contributed by atoms with E-state index in [0.717, 1.165) is 5.56 Å². The minimum atomic E-state index is -1.04. The molecule has 0 aliphatic carbocycles. The number of nitrogen functional groups attached to an aromatic ring is 2. The van der Waals surface area contributed by atoms with Crippen LogP contribution in [0.3, 0.4) is 0 Å². The number of hydrogen-bond donors (Lipinski definition) is 3. The summed E-state index contributed by atoms with van der Waals surface area (Å²) in [6.45, 7) is 0. The second kappa shape index (κ2) is 4.17. The van der Waals surface area contributed by atoms with E-state index in [1.165, 1.54) is 6.07 Å². The summed E-state index contributed by atoms with van der Waals surface area (Å²) in [4.78, 5) is 11.0. The van der Waals surface area contributed by atoms with Gasteiger partial charge in [0.25, 0.3) is 0 Å². The molecule has 0 saturated carbocycles. The third-order valence-corrected chi connectivity index (χ3v) is 2.59. The molecule has 0 atom stereocenters. The molecule has 2 aromatic carbocycles. The summed E-state index contributed by atoms with van der Waals surface area (Å²) < 4.78 is 0. The number of hydrogen-bond acceptors (Lipinski definition) is 3. The Morgan fingerprint density at radius 2 is 1.59 bits per heavy atom. The largest absolute Gasteiger partial charge is 0.478 e. The highest BCUT2D eigenvalue weighted by Crippen LogP contribution is 2.32. The molecule has 86 valence electrons. The zero-order chi connectivity index (χ0) is 12.4. The molecule has 0 aliphatic heterocycles. The molecule has 0 unspecified atom stereocenters. The highest BCUT2D eigenvalue weighted by Gasteiger charge is 2.13. The Morgan fingerprint density at radius 3 is 2.24 bits per heavy atom. The minimum Gasteiger partial charge on any atom is -0.478 e. The summed E-state index contributed by atoms with van der Waals surface area (Å²) >= 11 is 0. The third-order valence-electron chi connectivity index (χ3n) is 2.59. The topological polar surface area (TPSA) is 89.3 Å². The van der Waals surface area contributed by atoms with E-state index in [-0.39, 0.29) is 11.3 Å². The van der Waals surface area contributed by atoms with Gasteiger partial charge < -0.3 is 16.6 Å². The van der Waals surface area contributed by atoms with Crippen molar-refractivity contribution in [3.8, 4) is 11.1 Å². The molecule has 0 aromatic heterocycles. The second-order valence-corrected chi connectivity index (χ2v) is 3.66. The molecule has 2 rings (SSSR count). The SMILES string of the molecule is Nc1ccccc1-c1cccc(C(=O)O)c1N. The van der Waals surface area contributed by atoms with Crippen molar-refractivity contribution in [2.24, 2.45) is 0 Å². The van der Waals surface area contributed by atoms with Gasteiger partial charge in [0.1, 0.15) is 0 Å². The first kappa shape index (κ1) is 11.0. The van der Waals surface area contributed by atoms with Crippen LogP contribution in [0, 0.1) is 0 Å². The summed E-state index contributed by atoms with van der Waals surface area (Å²) in [6.07, 6.45) is 0. The Labute approximate surface area is 98.5 Å². The normalized spacial score (nSPS) is 10.1. The summed E-state index contributed by atoms with van der Waals surface area (Å²) in [7, 11) is 0. The Bertz CT molecular complexity index is 579. The van der Waals surface area contributed by atoms with Gasteiger partial charge in [-0.1, -0.05) is 30.3 Å². The molecule has 4 nitrogen and oxygen atoms in total. The Balaban J connectivity index is 2.65. The average Bonchev–Trinajstić information content (AvgIpc) is 2.30. The monoisotopic (exact) mass is 228 g/mol. The number of para-hydroxylation sites is 2. The summed E-state index contributed by atoms with van der Waals surface area (Å²) in [5.74, 6) is -1.04. The second-order valence-electron chi connectivity index (χ2n) is 3.66. The molecule has 0 spiro atoms. The highest BCUT2D eigenvalue weighted by atomic mass is 16.4. The van der Waals surface area contributed by atoms with E-state index >= 15 is 0 Å². The lowest BCUT2D eigenvalue weighted by Crippen LogP contribution is -2.04. The van der Waals surface area contributed by atoms with Crippen LogP contribution in [0.4, 0.5) is 11.4 Å². The Hall–Kier alpha value is -2.49. The first-order chi connectivity index (χ1) is 8.11. The molecule has 5 N–H and O–H groups in total. The van der Waals surface area contributed by atoms with Crippen LogP contribution in [0.25, 0.3) is 11.1 Å². The molecular formula is C13H12N2O2. The Kier molecular flexibility index (Phi) is 2.70. The lowest BCUT2D eigenvalue weighted by Gasteiger charge is -2.10.